The minimum atomic E-state index is -0.444. The van der Waals surface area contributed by atoms with Crippen LogP contribution in [0.3, 0.4) is 0 Å². The molecule has 96 heavy (non-hydrogen) atoms. The van der Waals surface area contributed by atoms with Crippen molar-refractivity contribution in [3.8, 4) is 117 Å². The molecular formula is C93H56N2O. The summed E-state index contributed by atoms with van der Waals surface area (Å²) in [5, 5.41) is 2.41. The molecule has 3 nitrogen and oxygen atoms in total. The van der Waals surface area contributed by atoms with Crippen LogP contribution in [0.2, 0.25) is 0 Å². The number of benzene rings is 15. The smallest absolute Gasteiger partial charge is 0.227 e. The summed E-state index contributed by atoms with van der Waals surface area (Å²) < 4.78 is 8.65. The van der Waals surface area contributed by atoms with E-state index in [-0.39, 0.29) is 0 Å². The first-order valence-corrected chi connectivity index (χ1v) is 33.3. The van der Waals surface area contributed by atoms with Gasteiger partial charge in [0.1, 0.15) is 5.52 Å². The van der Waals surface area contributed by atoms with Crippen LogP contribution in [0.4, 0.5) is 0 Å². The summed E-state index contributed by atoms with van der Waals surface area (Å²) in [6.07, 6.45) is 0. The van der Waals surface area contributed by atoms with Crippen molar-refractivity contribution in [2.75, 3.05) is 0 Å². The van der Waals surface area contributed by atoms with E-state index in [1.54, 1.807) is 0 Å². The van der Waals surface area contributed by atoms with E-state index in [0.717, 1.165) is 50.1 Å². The van der Waals surface area contributed by atoms with Crippen LogP contribution in [-0.2, 0) is 10.8 Å². The molecule has 0 N–H and O–H groups in total. The summed E-state index contributed by atoms with van der Waals surface area (Å²) in [7, 11) is 0. The van der Waals surface area contributed by atoms with Gasteiger partial charge in [0.25, 0.3) is 0 Å². The Hall–Kier alpha value is -12.4. The Balaban J connectivity index is 0.716. The van der Waals surface area contributed by atoms with Crippen LogP contribution in [0.5, 0.6) is 0 Å². The first kappa shape index (κ1) is 53.1. The Morgan fingerprint density at radius 1 is 0.229 bits per heavy atom. The van der Waals surface area contributed by atoms with Crippen molar-refractivity contribution in [1.82, 2.24) is 9.55 Å². The lowest BCUT2D eigenvalue weighted by Crippen LogP contribution is -2.25. The minimum Gasteiger partial charge on any atom is -0.436 e. The fourth-order valence-corrected chi connectivity index (χ4v) is 17.7. The highest BCUT2D eigenvalue weighted by Crippen LogP contribution is 2.65. The number of hydrogen-bond donors (Lipinski definition) is 0. The van der Waals surface area contributed by atoms with E-state index < -0.39 is 10.8 Å². The summed E-state index contributed by atoms with van der Waals surface area (Å²) in [5.41, 5.74) is 38.0. The van der Waals surface area contributed by atoms with Crippen LogP contribution in [0.1, 0.15) is 44.5 Å². The van der Waals surface area contributed by atoms with Crippen LogP contribution in [0.25, 0.3) is 150 Å². The Morgan fingerprint density at radius 2 is 0.531 bits per heavy atom. The Kier molecular flexibility index (Phi) is 11.1. The summed E-state index contributed by atoms with van der Waals surface area (Å²) >= 11 is 0. The van der Waals surface area contributed by atoms with E-state index in [1.807, 2.05) is 24.3 Å². The van der Waals surface area contributed by atoms with E-state index in [4.69, 9.17) is 9.40 Å². The van der Waals surface area contributed by atoms with Crippen molar-refractivity contribution in [1.29, 1.82) is 0 Å². The summed E-state index contributed by atoms with van der Waals surface area (Å²) in [6.45, 7) is 0. The van der Waals surface area contributed by atoms with Gasteiger partial charge in [0.15, 0.2) is 5.58 Å². The molecule has 4 aliphatic carbocycles. The molecule has 0 atom stereocenters. The quantitative estimate of drug-likeness (QED) is 0.159. The summed E-state index contributed by atoms with van der Waals surface area (Å²) in [5.74, 6) is 0.621. The molecule has 21 rings (SSSR count). The monoisotopic (exact) mass is 1220 g/mol. The third-order valence-corrected chi connectivity index (χ3v) is 21.7. The van der Waals surface area contributed by atoms with Gasteiger partial charge < -0.3 is 8.98 Å². The molecule has 0 bridgehead atoms. The molecule has 0 amide bonds. The molecule has 0 saturated carbocycles. The predicted molar refractivity (Wildman–Crippen MR) is 394 cm³/mol. The molecule has 2 heterocycles. The number of oxazole rings is 1. The van der Waals surface area contributed by atoms with Crippen molar-refractivity contribution in [3.63, 3.8) is 0 Å². The number of nitrogens with zero attached hydrogens (tertiary/aromatic N) is 2. The van der Waals surface area contributed by atoms with Crippen molar-refractivity contribution in [2.24, 2.45) is 0 Å². The van der Waals surface area contributed by atoms with Crippen LogP contribution in [0.15, 0.2) is 344 Å². The molecule has 15 aromatic carbocycles. The molecule has 0 aliphatic heterocycles. The van der Waals surface area contributed by atoms with Crippen LogP contribution in [-0.4, -0.2) is 9.55 Å². The first-order valence-electron chi connectivity index (χ1n) is 33.3. The molecule has 444 valence electrons. The van der Waals surface area contributed by atoms with Crippen LogP contribution in [0, 0.1) is 0 Å². The number of aromatic nitrogens is 2. The van der Waals surface area contributed by atoms with E-state index in [0.29, 0.717) is 5.89 Å². The average Bonchev–Trinajstić information content (AvgIpc) is 1.52. The first-order chi connectivity index (χ1) is 47.6. The van der Waals surface area contributed by atoms with E-state index in [1.165, 1.54) is 139 Å². The van der Waals surface area contributed by atoms with Crippen molar-refractivity contribution < 1.29 is 4.42 Å². The lowest BCUT2D eigenvalue weighted by Gasteiger charge is -2.30. The van der Waals surface area contributed by atoms with Gasteiger partial charge in [-0.1, -0.05) is 267 Å². The number of para-hydroxylation sites is 2. The zero-order valence-corrected chi connectivity index (χ0v) is 52.1. The number of hydrogen-bond acceptors (Lipinski definition) is 2. The van der Waals surface area contributed by atoms with Gasteiger partial charge in [0.05, 0.1) is 21.9 Å². The predicted octanol–water partition coefficient (Wildman–Crippen LogP) is 23.6. The van der Waals surface area contributed by atoms with Gasteiger partial charge in [0.2, 0.25) is 5.89 Å². The maximum Gasteiger partial charge on any atom is 0.227 e. The highest BCUT2D eigenvalue weighted by Gasteiger charge is 2.53. The highest BCUT2D eigenvalue weighted by molar-refractivity contribution is 6.12. The third kappa shape index (κ3) is 7.23. The lowest BCUT2D eigenvalue weighted by atomic mass is 9.70. The molecule has 17 aromatic rings. The maximum atomic E-state index is 6.16. The van der Waals surface area contributed by atoms with Gasteiger partial charge in [-0.25, -0.2) is 4.98 Å². The molecule has 4 aliphatic rings. The zero-order valence-electron chi connectivity index (χ0n) is 52.1. The molecule has 0 radical (unpaired) electrons. The number of rotatable bonds is 7. The van der Waals surface area contributed by atoms with E-state index in [9.17, 15) is 0 Å². The second-order valence-corrected chi connectivity index (χ2v) is 26.3. The highest BCUT2D eigenvalue weighted by atomic mass is 16.3. The maximum absolute atomic E-state index is 6.16. The van der Waals surface area contributed by atoms with Crippen molar-refractivity contribution in [3.05, 3.63) is 384 Å². The zero-order chi connectivity index (χ0) is 62.8. The van der Waals surface area contributed by atoms with Gasteiger partial charge in [-0.15, -0.1) is 0 Å². The minimum absolute atomic E-state index is 0.444. The lowest BCUT2D eigenvalue weighted by molar-refractivity contribution is 0.620. The normalized spacial score (nSPS) is 13.6. The average molecular weight is 1220 g/mol. The summed E-state index contributed by atoms with van der Waals surface area (Å²) in [6, 6.07) is 127. The SMILES string of the molecule is c1ccc(-c2ccccc2-c2ccc(-n3c4ccc(-c5ccc6c(c5)C5(c7ccccc7-c7ccccc75)c5ccccc5-6)cc4c4cc(-c5ccc6c(c5)C5(c7ccccc7-c7ccccc75)c5ccccc5-6)ccc43)cc2)c(-c2ccc(-c3nc4ccccc4o3)cc2)c1. The topological polar surface area (TPSA) is 31.0 Å². The molecule has 3 heteroatoms. The van der Waals surface area contributed by atoms with E-state index in [2.05, 4.69) is 320 Å². The Labute approximate surface area is 555 Å². The standard InChI is InChI=1S/C93H56N2O/c1-3-21-67(65(19-1)57-37-39-59(40-38-57)91-94-87-35-17-18-36-90(87)96-91)68-22-4-2-20-66(68)58-41-47-64(48-42-58)95-88-51-45-60(62-43-49-75-73-27-9-15-33-83(73)92(85(75)55-62)79-29-11-5-23-69(79)70-24-6-12-30-80(70)92)53-77(88)78-54-61(46-52-89(78)95)63-44-50-76-74-28-10-16-34-84(74)93(86(76)56-63)81-31-13-7-25-71(81)72-26-8-14-32-82(72)93/h1-56H. The molecular weight excluding hydrogens is 1160 g/mol. The summed E-state index contributed by atoms with van der Waals surface area (Å²) in [4.78, 5) is 4.78. The number of fused-ring (bicyclic) bond motifs is 24. The molecule has 0 unspecified atom stereocenters. The van der Waals surface area contributed by atoms with Gasteiger partial charge in [-0.3, -0.25) is 0 Å². The molecule has 2 aromatic heterocycles. The van der Waals surface area contributed by atoms with Gasteiger partial charge in [0, 0.05) is 22.0 Å². The van der Waals surface area contributed by atoms with Gasteiger partial charge in [-0.2, -0.15) is 0 Å². The molecule has 0 saturated heterocycles. The van der Waals surface area contributed by atoms with Gasteiger partial charge >= 0.3 is 0 Å². The van der Waals surface area contributed by atoms with Crippen LogP contribution >= 0.6 is 0 Å². The molecule has 0 fully saturated rings. The second-order valence-electron chi connectivity index (χ2n) is 26.3. The fourth-order valence-electron chi connectivity index (χ4n) is 17.7. The second kappa shape index (κ2) is 20.0. The van der Waals surface area contributed by atoms with Crippen molar-refractivity contribution >= 4 is 32.9 Å². The third-order valence-electron chi connectivity index (χ3n) is 21.7. The van der Waals surface area contributed by atoms with Gasteiger partial charge in [-0.05, 0) is 217 Å². The Bertz CT molecular complexity index is 5740. The largest absolute Gasteiger partial charge is 0.436 e. The fraction of sp³-hybridized carbons (Fsp3) is 0.0215. The van der Waals surface area contributed by atoms with Crippen LogP contribution < -0.4 is 0 Å². The van der Waals surface area contributed by atoms with E-state index >= 15 is 0 Å². The Morgan fingerprint density at radius 3 is 0.938 bits per heavy atom. The molecule has 2 spiro atoms. The van der Waals surface area contributed by atoms with Crippen molar-refractivity contribution in [2.45, 2.75) is 10.8 Å².